The molecule has 2 rings (SSSR count). The van der Waals surface area contributed by atoms with E-state index in [2.05, 4.69) is 15.3 Å². The van der Waals surface area contributed by atoms with Crippen LogP contribution in [0.25, 0.3) is 0 Å². The van der Waals surface area contributed by atoms with Gasteiger partial charge in [-0.25, -0.2) is 13.8 Å². The summed E-state index contributed by atoms with van der Waals surface area (Å²) in [6, 6.07) is 0.838. The van der Waals surface area contributed by atoms with E-state index in [9.17, 15) is 13.6 Å². The normalized spacial score (nSPS) is 17.2. The fourth-order valence-corrected chi connectivity index (χ4v) is 1.78. The standard InChI is InChI=1S/C10H14F2N4O/c11-9(12)7-6-8(17)15-10(14-7)16-4-1-2-13-3-5-16/h6,9,13H,1-5H2,(H,14,15,17). The van der Waals surface area contributed by atoms with Crippen LogP contribution in [0, 0.1) is 0 Å². The van der Waals surface area contributed by atoms with Gasteiger partial charge in [0.15, 0.2) is 0 Å². The number of hydrogen-bond donors (Lipinski definition) is 2. The Morgan fingerprint density at radius 1 is 1.35 bits per heavy atom. The summed E-state index contributed by atoms with van der Waals surface area (Å²) < 4.78 is 25.1. The van der Waals surface area contributed by atoms with Gasteiger partial charge in [-0.3, -0.25) is 9.78 Å². The number of H-pyrrole nitrogens is 1. The van der Waals surface area contributed by atoms with Gasteiger partial charge in [0.25, 0.3) is 12.0 Å². The molecule has 0 spiro atoms. The van der Waals surface area contributed by atoms with E-state index in [0.717, 1.165) is 25.6 Å². The lowest BCUT2D eigenvalue weighted by Gasteiger charge is -2.20. The molecule has 5 nitrogen and oxygen atoms in total. The first kappa shape index (κ1) is 12.0. The molecule has 17 heavy (non-hydrogen) atoms. The Hall–Kier alpha value is -1.50. The van der Waals surface area contributed by atoms with Gasteiger partial charge in [-0.1, -0.05) is 0 Å². The molecule has 1 fully saturated rings. The average Bonchev–Trinajstić information content (AvgIpc) is 2.56. The van der Waals surface area contributed by atoms with E-state index < -0.39 is 17.7 Å². The van der Waals surface area contributed by atoms with Gasteiger partial charge in [0.05, 0.1) is 0 Å². The number of hydrogen-bond acceptors (Lipinski definition) is 4. The third-order valence-corrected chi connectivity index (χ3v) is 2.61. The van der Waals surface area contributed by atoms with Crippen LogP contribution in [0.4, 0.5) is 14.7 Å². The quantitative estimate of drug-likeness (QED) is 0.795. The molecular weight excluding hydrogens is 230 g/mol. The average molecular weight is 244 g/mol. The number of nitrogens with zero attached hydrogens (tertiary/aromatic N) is 2. The SMILES string of the molecule is O=c1cc(C(F)F)nc(N2CCCNCC2)[nH]1. The van der Waals surface area contributed by atoms with Crippen molar-refractivity contribution in [3.05, 3.63) is 22.1 Å². The zero-order chi connectivity index (χ0) is 12.3. The Labute approximate surface area is 96.9 Å². The Balaban J connectivity index is 2.27. The van der Waals surface area contributed by atoms with Gasteiger partial charge in [0.1, 0.15) is 5.69 Å². The van der Waals surface area contributed by atoms with E-state index in [0.29, 0.717) is 13.1 Å². The summed E-state index contributed by atoms with van der Waals surface area (Å²) in [5.41, 5.74) is -1.01. The maximum absolute atomic E-state index is 12.5. The predicted octanol–water partition coefficient (Wildman–Crippen LogP) is 0.507. The highest BCUT2D eigenvalue weighted by Gasteiger charge is 2.16. The Bertz CT molecular complexity index is 427. The highest BCUT2D eigenvalue weighted by Crippen LogP contribution is 2.16. The minimum absolute atomic E-state index is 0.233. The lowest BCUT2D eigenvalue weighted by Crippen LogP contribution is -2.31. The van der Waals surface area contributed by atoms with Crippen molar-refractivity contribution < 1.29 is 8.78 Å². The van der Waals surface area contributed by atoms with E-state index in [4.69, 9.17) is 0 Å². The van der Waals surface area contributed by atoms with E-state index in [-0.39, 0.29) is 5.95 Å². The van der Waals surface area contributed by atoms with Crippen LogP contribution in [-0.2, 0) is 0 Å². The second kappa shape index (κ2) is 5.22. The molecular formula is C10H14F2N4O. The van der Waals surface area contributed by atoms with Crippen molar-refractivity contribution in [3.63, 3.8) is 0 Å². The largest absolute Gasteiger partial charge is 0.341 e. The minimum atomic E-state index is -2.72. The summed E-state index contributed by atoms with van der Waals surface area (Å²) in [6.07, 6.45) is -1.83. The van der Waals surface area contributed by atoms with Crippen LogP contribution in [0.2, 0.25) is 0 Å². The van der Waals surface area contributed by atoms with Crippen LogP contribution in [0.5, 0.6) is 0 Å². The van der Waals surface area contributed by atoms with Gasteiger partial charge in [-0.2, -0.15) is 0 Å². The van der Waals surface area contributed by atoms with Crippen LogP contribution in [0.3, 0.4) is 0 Å². The van der Waals surface area contributed by atoms with Crippen molar-refractivity contribution in [1.29, 1.82) is 0 Å². The molecule has 0 atom stereocenters. The van der Waals surface area contributed by atoms with Crippen molar-refractivity contribution in [3.8, 4) is 0 Å². The number of anilines is 1. The summed E-state index contributed by atoms with van der Waals surface area (Å²) in [5, 5.41) is 3.19. The fraction of sp³-hybridized carbons (Fsp3) is 0.600. The van der Waals surface area contributed by atoms with E-state index in [1.807, 2.05) is 4.90 Å². The smallest absolute Gasteiger partial charge is 0.280 e. The maximum atomic E-state index is 12.5. The van der Waals surface area contributed by atoms with Crippen molar-refractivity contribution in [2.24, 2.45) is 0 Å². The Morgan fingerprint density at radius 3 is 2.94 bits per heavy atom. The Kier molecular flexibility index (Phi) is 3.68. The molecule has 0 saturated carbocycles. The summed E-state index contributed by atoms with van der Waals surface area (Å²) in [4.78, 5) is 19.4. The molecule has 1 aromatic rings. The molecule has 2 heterocycles. The monoisotopic (exact) mass is 244 g/mol. The van der Waals surface area contributed by atoms with Crippen LogP contribution >= 0.6 is 0 Å². The molecule has 0 unspecified atom stereocenters. The minimum Gasteiger partial charge on any atom is -0.341 e. The molecule has 94 valence electrons. The summed E-state index contributed by atoms with van der Waals surface area (Å²) in [5.74, 6) is 0.233. The van der Waals surface area contributed by atoms with Gasteiger partial charge in [-0.15, -0.1) is 0 Å². The van der Waals surface area contributed by atoms with Gasteiger partial charge in [0.2, 0.25) is 5.95 Å². The summed E-state index contributed by atoms with van der Waals surface area (Å²) >= 11 is 0. The van der Waals surface area contributed by atoms with Crippen LogP contribution in [-0.4, -0.2) is 36.1 Å². The molecule has 1 aliphatic rings. The molecule has 2 N–H and O–H groups in total. The zero-order valence-corrected chi connectivity index (χ0v) is 9.25. The molecule has 0 amide bonds. The van der Waals surface area contributed by atoms with E-state index >= 15 is 0 Å². The predicted molar refractivity (Wildman–Crippen MR) is 59.5 cm³/mol. The molecule has 1 aliphatic heterocycles. The highest BCUT2D eigenvalue weighted by molar-refractivity contribution is 5.30. The lowest BCUT2D eigenvalue weighted by atomic mass is 10.4. The molecule has 7 heteroatoms. The lowest BCUT2D eigenvalue weighted by molar-refractivity contribution is 0.146. The third-order valence-electron chi connectivity index (χ3n) is 2.61. The number of aromatic nitrogens is 2. The zero-order valence-electron chi connectivity index (χ0n) is 9.25. The first-order valence-electron chi connectivity index (χ1n) is 5.52. The first-order chi connectivity index (χ1) is 8.16. The molecule has 0 radical (unpaired) electrons. The van der Waals surface area contributed by atoms with E-state index in [1.54, 1.807) is 0 Å². The summed E-state index contributed by atoms with van der Waals surface area (Å²) in [7, 11) is 0. The molecule has 1 aromatic heterocycles. The second-order valence-corrected chi connectivity index (χ2v) is 3.89. The van der Waals surface area contributed by atoms with Crippen LogP contribution in [0.15, 0.2) is 10.9 Å². The van der Waals surface area contributed by atoms with Crippen LogP contribution in [0.1, 0.15) is 18.5 Å². The van der Waals surface area contributed by atoms with Gasteiger partial charge >= 0.3 is 0 Å². The van der Waals surface area contributed by atoms with Gasteiger partial charge in [-0.05, 0) is 13.0 Å². The number of nitrogens with one attached hydrogen (secondary N) is 2. The van der Waals surface area contributed by atoms with Crippen molar-refractivity contribution in [2.75, 3.05) is 31.1 Å². The number of halogens is 2. The molecule has 1 saturated heterocycles. The number of alkyl halides is 2. The molecule has 0 aromatic carbocycles. The van der Waals surface area contributed by atoms with Gasteiger partial charge in [0, 0.05) is 25.7 Å². The Morgan fingerprint density at radius 2 is 2.18 bits per heavy atom. The fourth-order valence-electron chi connectivity index (χ4n) is 1.78. The van der Waals surface area contributed by atoms with Crippen molar-refractivity contribution in [2.45, 2.75) is 12.8 Å². The van der Waals surface area contributed by atoms with Crippen molar-refractivity contribution in [1.82, 2.24) is 15.3 Å². The molecule has 0 aliphatic carbocycles. The molecule has 0 bridgehead atoms. The van der Waals surface area contributed by atoms with E-state index in [1.165, 1.54) is 0 Å². The topological polar surface area (TPSA) is 61.0 Å². The van der Waals surface area contributed by atoms with Crippen molar-refractivity contribution >= 4 is 5.95 Å². The third kappa shape index (κ3) is 3.00. The highest BCUT2D eigenvalue weighted by atomic mass is 19.3. The summed E-state index contributed by atoms with van der Waals surface area (Å²) in [6.45, 7) is 2.98. The van der Waals surface area contributed by atoms with Crippen LogP contribution < -0.4 is 15.8 Å². The second-order valence-electron chi connectivity index (χ2n) is 3.89. The number of aromatic amines is 1. The first-order valence-corrected chi connectivity index (χ1v) is 5.52. The maximum Gasteiger partial charge on any atom is 0.280 e. The van der Waals surface area contributed by atoms with Gasteiger partial charge < -0.3 is 10.2 Å². The number of rotatable bonds is 2.